The van der Waals surface area contributed by atoms with Gasteiger partial charge in [0.2, 0.25) is 0 Å². The highest BCUT2D eigenvalue weighted by atomic mass is 16.5. The zero-order chi connectivity index (χ0) is 24.6. The molecule has 206 valence electrons. The molecule has 3 nitrogen and oxygen atoms in total. The lowest BCUT2D eigenvalue weighted by Gasteiger charge is -2.44. The predicted molar refractivity (Wildman–Crippen MR) is 154 cm³/mol. The third-order valence-electron chi connectivity index (χ3n) is 7.35. The number of rotatable bonds is 8. The van der Waals surface area contributed by atoms with Crippen molar-refractivity contribution in [3.63, 3.8) is 0 Å². The molecule has 1 aliphatic heterocycles. The summed E-state index contributed by atoms with van der Waals surface area (Å²) in [6.07, 6.45) is 19.5. The van der Waals surface area contributed by atoms with Gasteiger partial charge in [0.15, 0.2) is 0 Å². The fourth-order valence-electron chi connectivity index (χ4n) is 6.30. The Morgan fingerprint density at radius 3 is 1.82 bits per heavy atom. The Bertz CT molecular complexity index is 432. The van der Waals surface area contributed by atoms with Crippen molar-refractivity contribution in [2.75, 3.05) is 32.8 Å². The Kier molecular flexibility index (Phi) is 19.0. The van der Waals surface area contributed by atoms with E-state index in [0.29, 0.717) is 16.9 Å². The van der Waals surface area contributed by atoms with Crippen LogP contribution in [0.4, 0.5) is 0 Å². The van der Waals surface area contributed by atoms with Crippen LogP contribution in [-0.4, -0.2) is 49.8 Å². The van der Waals surface area contributed by atoms with Gasteiger partial charge >= 0.3 is 0 Å². The van der Waals surface area contributed by atoms with Gasteiger partial charge in [-0.1, -0.05) is 81.6 Å². The topological polar surface area (TPSA) is 24.5 Å². The van der Waals surface area contributed by atoms with Crippen LogP contribution in [0.3, 0.4) is 0 Å². The Labute approximate surface area is 216 Å². The molecular weight excluding hydrogens is 416 g/mol. The SMILES string of the molecule is C.CCCN1CCCCC1.CCCNC1CCCCC1.CCCOC1CC(C)(C)CC(C)(C)C1. The van der Waals surface area contributed by atoms with Crippen LogP contribution in [0.1, 0.15) is 146 Å². The molecule has 2 saturated carbocycles. The van der Waals surface area contributed by atoms with Gasteiger partial charge in [-0.2, -0.15) is 0 Å². The lowest BCUT2D eigenvalue weighted by molar-refractivity contribution is -0.0485. The smallest absolute Gasteiger partial charge is 0.0585 e. The number of hydrogen-bond acceptors (Lipinski definition) is 3. The molecule has 3 heteroatoms. The predicted octanol–water partition coefficient (Wildman–Crippen LogP) is 8.86. The fraction of sp³-hybridized carbons (Fsp3) is 1.00. The Morgan fingerprint density at radius 1 is 0.765 bits per heavy atom. The maximum absolute atomic E-state index is 5.90. The van der Waals surface area contributed by atoms with Crippen LogP contribution in [0, 0.1) is 10.8 Å². The molecule has 3 aliphatic rings. The van der Waals surface area contributed by atoms with E-state index in [9.17, 15) is 0 Å². The third-order valence-corrected chi connectivity index (χ3v) is 7.35. The van der Waals surface area contributed by atoms with E-state index in [-0.39, 0.29) is 7.43 Å². The zero-order valence-electron chi connectivity index (χ0n) is 23.9. The van der Waals surface area contributed by atoms with Gasteiger partial charge in [-0.3, -0.25) is 0 Å². The van der Waals surface area contributed by atoms with Crippen molar-refractivity contribution >= 4 is 0 Å². The molecule has 0 amide bonds. The summed E-state index contributed by atoms with van der Waals surface area (Å²) in [5, 5.41) is 3.57. The van der Waals surface area contributed by atoms with Gasteiger partial charge < -0.3 is 15.0 Å². The van der Waals surface area contributed by atoms with Crippen molar-refractivity contribution in [3.8, 4) is 0 Å². The van der Waals surface area contributed by atoms with Crippen LogP contribution >= 0.6 is 0 Å². The van der Waals surface area contributed by atoms with Crippen molar-refractivity contribution in [3.05, 3.63) is 0 Å². The third kappa shape index (κ3) is 16.5. The second-order valence-electron chi connectivity index (χ2n) is 12.6. The molecule has 34 heavy (non-hydrogen) atoms. The van der Waals surface area contributed by atoms with Gasteiger partial charge in [-0.25, -0.2) is 0 Å². The van der Waals surface area contributed by atoms with E-state index in [2.05, 4.69) is 58.7 Å². The van der Waals surface area contributed by atoms with Crippen molar-refractivity contribution in [2.45, 2.75) is 158 Å². The Balaban J connectivity index is 0.000000487. The van der Waals surface area contributed by atoms with Crippen LogP contribution in [0.15, 0.2) is 0 Å². The van der Waals surface area contributed by atoms with Crippen LogP contribution < -0.4 is 5.32 Å². The van der Waals surface area contributed by atoms with E-state index in [1.807, 2.05) is 0 Å². The maximum atomic E-state index is 5.90. The average molecular weight is 483 g/mol. The zero-order valence-corrected chi connectivity index (χ0v) is 23.9. The van der Waals surface area contributed by atoms with Gasteiger partial charge in [0.05, 0.1) is 6.10 Å². The first-order chi connectivity index (χ1) is 15.7. The number of hydrogen-bond donors (Lipinski definition) is 1. The van der Waals surface area contributed by atoms with E-state index in [1.165, 1.54) is 110 Å². The summed E-state index contributed by atoms with van der Waals surface area (Å²) in [5.41, 5.74) is 0.917. The van der Waals surface area contributed by atoms with E-state index in [1.54, 1.807) is 0 Å². The van der Waals surface area contributed by atoms with Crippen LogP contribution in [0.2, 0.25) is 0 Å². The van der Waals surface area contributed by atoms with Crippen LogP contribution in [0.5, 0.6) is 0 Å². The second-order valence-corrected chi connectivity index (χ2v) is 12.6. The molecule has 1 heterocycles. The summed E-state index contributed by atoms with van der Waals surface area (Å²) >= 11 is 0. The van der Waals surface area contributed by atoms with E-state index >= 15 is 0 Å². The Hall–Kier alpha value is -0.120. The van der Waals surface area contributed by atoms with Crippen molar-refractivity contribution < 1.29 is 4.74 Å². The molecule has 0 atom stereocenters. The van der Waals surface area contributed by atoms with Crippen molar-refractivity contribution in [2.24, 2.45) is 10.8 Å². The van der Waals surface area contributed by atoms with E-state index < -0.39 is 0 Å². The van der Waals surface area contributed by atoms with Gasteiger partial charge in [-0.05, 0) is 101 Å². The number of nitrogens with zero attached hydrogens (tertiary/aromatic N) is 1. The molecule has 1 N–H and O–H groups in total. The largest absolute Gasteiger partial charge is 0.378 e. The minimum absolute atomic E-state index is 0. The quantitative estimate of drug-likeness (QED) is 0.374. The van der Waals surface area contributed by atoms with Crippen LogP contribution in [0.25, 0.3) is 0 Å². The molecule has 3 fully saturated rings. The summed E-state index contributed by atoms with van der Waals surface area (Å²) in [6.45, 7) is 22.3. The lowest BCUT2D eigenvalue weighted by atomic mass is 9.64. The summed E-state index contributed by atoms with van der Waals surface area (Å²) in [5.74, 6) is 0. The standard InChI is InChI=1S/C13H26O.C9H19N.C8H17N.CH4/c1-6-7-14-11-8-12(2,3)10-13(4,5)9-11;1-2-8-10-9-6-4-3-5-7-9;1-2-6-9-7-4-3-5-8-9;/h11H,6-10H2,1-5H3;9-10H,2-8H2,1H3;2-8H2,1H3;1H4. The highest BCUT2D eigenvalue weighted by molar-refractivity contribution is 4.89. The molecule has 3 rings (SSSR count). The maximum Gasteiger partial charge on any atom is 0.0585 e. The summed E-state index contributed by atoms with van der Waals surface area (Å²) in [4.78, 5) is 2.57. The number of nitrogens with one attached hydrogen (secondary N) is 1. The number of piperidine rings is 1. The van der Waals surface area contributed by atoms with Crippen molar-refractivity contribution in [1.82, 2.24) is 10.2 Å². The second kappa shape index (κ2) is 19.1. The Morgan fingerprint density at radius 2 is 1.32 bits per heavy atom. The molecular formula is C31H66N2O. The van der Waals surface area contributed by atoms with Gasteiger partial charge in [-0.15, -0.1) is 0 Å². The van der Waals surface area contributed by atoms with E-state index in [4.69, 9.17) is 4.74 Å². The summed E-state index contributed by atoms with van der Waals surface area (Å²) in [7, 11) is 0. The average Bonchev–Trinajstić information content (AvgIpc) is 2.77. The first kappa shape index (κ1) is 33.9. The number of ether oxygens (including phenoxy) is 1. The molecule has 2 aliphatic carbocycles. The monoisotopic (exact) mass is 483 g/mol. The normalized spacial score (nSPS) is 23.0. The minimum atomic E-state index is 0. The molecule has 0 unspecified atom stereocenters. The highest BCUT2D eigenvalue weighted by Gasteiger charge is 2.38. The summed E-state index contributed by atoms with van der Waals surface area (Å²) < 4.78 is 5.90. The lowest BCUT2D eigenvalue weighted by Crippen LogP contribution is -2.38. The first-order valence-corrected chi connectivity index (χ1v) is 14.8. The molecule has 0 bridgehead atoms. The van der Waals surface area contributed by atoms with E-state index in [0.717, 1.165) is 19.1 Å². The molecule has 0 aromatic heterocycles. The molecule has 1 saturated heterocycles. The first-order valence-electron chi connectivity index (χ1n) is 14.8. The van der Waals surface area contributed by atoms with Crippen molar-refractivity contribution in [1.29, 1.82) is 0 Å². The molecule has 0 radical (unpaired) electrons. The van der Waals surface area contributed by atoms with Crippen LogP contribution in [-0.2, 0) is 4.74 Å². The van der Waals surface area contributed by atoms with Gasteiger partial charge in [0, 0.05) is 12.6 Å². The van der Waals surface area contributed by atoms with Gasteiger partial charge in [0.1, 0.15) is 0 Å². The summed E-state index contributed by atoms with van der Waals surface area (Å²) in [6, 6.07) is 0.855. The molecule has 0 aromatic carbocycles. The minimum Gasteiger partial charge on any atom is -0.378 e. The molecule has 0 spiro atoms. The van der Waals surface area contributed by atoms with Gasteiger partial charge in [0.25, 0.3) is 0 Å². The highest BCUT2D eigenvalue weighted by Crippen LogP contribution is 2.46. The number of likely N-dealkylation sites (tertiary alicyclic amines) is 1. The molecule has 0 aromatic rings. The fourth-order valence-corrected chi connectivity index (χ4v) is 6.30.